The predicted molar refractivity (Wildman–Crippen MR) is 67.5 cm³/mol. The normalized spacial score (nSPS) is 14.1. The van der Waals surface area contributed by atoms with Gasteiger partial charge in [-0.3, -0.25) is 0 Å². The highest BCUT2D eigenvalue weighted by atomic mass is 32.3. The fourth-order valence-corrected chi connectivity index (χ4v) is 2.22. The lowest BCUT2D eigenvalue weighted by atomic mass is 10.1. The molecule has 18 heavy (non-hydrogen) atoms. The van der Waals surface area contributed by atoms with Crippen LogP contribution in [0.5, 0.6) is 0 Å². The molecule has 0 fully saturated rings. The Kier molecular flexibility index (Phi) is 6.59. The zero-order chi connectivity index (χ0) is 14.4. The summed E-state index contributed by atoms with van der Waals surface area (Å²) in [5.74, 6) is -0.736. The number of carbonyl (C=O) groups excluding carboxylic acids is 1. The first kappa shape index (κ1) is 17.2. The van der Waals surface area contributed by atoms with E-state index in [1.807, 2.05) is 0 Å². The van der Waals surface area contributed by atoms with E-state index in [0.717, 1.165) is 0 Å². The first-order valence-electron chi connectivity index (χ1n) is 5.89. The highest BCUT2D eigenvalue weighted by molar-refractivity contribution is 7.86. The lowest BCUT2D eigenvalue weighted by molar-refractivity contribution is 0.0526. The molecule has 0 aliphatic rings. The van der Waals surface area contributed by atoms with Crippen molar-refractivity contribution in [1.29, 1.82) is 0 Å². The van der Waals surface area contributed by atoms with Crippen molar-refractivity contribution in [2.45, 2.75) is 46.1 Å². The second kappa shape index (κ2) is 6.92. The van der Waals surface area contributed by atoms with Crippen LogP contribution in [-0.4, -0.2) is 32.4 Å². The van der Waals surface area contributed by atoms with Crippen LogP contribution < -0.4 is 5.32 Å². The maximum absolute atomic E-state index is 12.3. The van der Waals surface area contributed by atoms with Crippen molar-refractivity contribution in [2.75, 3.05) is 12.3 Å². The Morgan fingerprint density at radius 3 is 2.39 bits per heavy atom. The summed E-state index contributed by atoms with van der Waals surface area (Å²) in [6.45, 7) is 7.33. The smallest absolute Gasteiger partial charge is 0.407 e. The van der Waals surface area contributed by atoms with Crippen LogP contribution in [-0.2, 0) is 15.0 Å². The molecule has 0 bridgehead atoms. The molecule has 108 valence electrons. The summed E-state index contributed by atoms with van der Waals surface area (Å²) in [7, 11) is -4.41. The first-order chi connectivity index (χ1) is 7.99. The van der Waals surface area contributed by atoms with Crippen molar-refractivity contribution in [2.24, 2.45) is 5.92 Å². The third-order valence-corrected chi connectivity index (χ3v) is 2.99. The van der Waals surface area contributed by atoms with Crippen LogP contribution in [0, 0.1) is 5.92 Å². The molecule has 5 nitrogen and oxygen atoms in total. The quantitative estimate of drug-likeness (QED) is 0.599. The maximum Gasteiger partial charge on any atom is 0.407 e. The Balaban J connectivity index is 3.71. The number of nitrogens with one attached hydrogen (secondary N) is 1. The summed E-state index contributed by atoms with van der Waals surface area (Å²) >= 11 is 0. The summed E-state index contributed by atoms with van der Waals surface area (Å²) in [4.78, 5) is 11.2. The van der Waals surface area contributed by atoms with Crippen LogP contribution in [0.3, 0.4) is 0 Å². The van der Waals surface area contributed by atoms with Gasteiger partial charge in [0, 0.05) is 6.54 Å². The Morgan fingerprint density at radius 1 is 1.39 bits per heavy atom. The first-order valence-corrected chi connectivity index (χ1v) is 7.44. The highest BCUT2D eigenvalue weighted by Gasteiger charge is 2.16. The van der Waals surface area contributed by atoms with Crippen LogP contribution in [0.2, 0.25) is 0 Å². The molecule has 0 aromatic carbocycles. The number of amides is 1. The van der Waals surface area contributed by atoms with E-state index in [2.05, 4.69) is 5.32 Å². The van der Waals surface area contributed by atoms with E-state index >= 15 is 0 Å². The molecule has 0 radical (unpaired) electrons. The molecule has 0 aromatic heterocycles. The van der Waals surface area contributed by atoms with Gasteiger partial charge in [0.1, 0.15) is 5.60 Å². The van der Waals surface area contributed by atoms with Crippen LogP contribution in [0.1, 0.15) is 40.5 Å². The van der Waals surface area contributed by atoms with Gasteiger partial charge >= 0.3 is 16.3 Å². The number of ether oxygens (including phenoxy) is 1. The van der Waals surface area contributed by atoms with Gasteiger partial charge in [-0.1, -0.05) is 6.92 Å². The summed E-state index contributed by atoms with van der Waals surface area (Å²) in [6, 6.07) is 0. The summed E-state index contributed by atoms with van der Waals surface area (Å²) in [5, 5.41) is 2.55. The van der Waals surface area contributed by atoms with Crippen molar-refractivity contribution in [3.05, 3.63) is 0 Å². The average molecular weight is 283 g/mol. The second-order valence-electron chi connectivity index (χ2n) is 5.38. The van der Waals surface area contributed by atoms with Gasteiger partial charge in [-0.15, -0.1) is 3.89 Å². The third-order valence-electron chi connectivity index (χ3n) is 2.03. The maximum atomic E-state index is 12.3. The van der Waals surface area contributed by atoms with Crippen molar-refractivity contribution < 1.29 is 21.8 Å². The minimum absolute atomic E-state index is 0.263. The molecule has 0 spiro atoms. The van der Waals surface area contributed by atoms with E-state index in [1.54, 1.807) is 27.7 Å². The fourth-order valence-electron chi connectivity index (χ4n) is 1.38. The van der Waals surface area contributed by atoms with Gasteiger partial charge in [0.15, 0.2) is 0 Å². The van der Waals surface area contributed by atoms with Crippen LogP contribution in [0.25, 0.3) is 0 Å². The number of rotatable bonds is 6. The van der Waals surface area contributed by atoms with E-state index in [9.17, 15) is 17.1 Å². The third kappa shape index (κ3) is 11.6. The molecule has 0 rings (SSSR count). The predicted octanol–water partition coefficient (Wildman–Crippen LogP) is 2.23. The molecular formula is C11H22FNO4S. The molecule has 0 aliphatic heterocycles. The van der Waals surface area contributed by atoms with E-state index in [0.29, 0.717) is 19.4 Å². The van der Waals surface area contributed by atoms with Gasteiger partial charge in [-0.2, -0.15) is 8.42 Å². The molecule has 1 amide bonds. The number of alkyl carbamates (subject to hydrolysis) is 1. The Bertz CT molecular complexity index is 362. The standard InChI is InChI=1S/C11H22FNO4S/c1-9(8-18(12,15)16)6-5-7-13-10(14)17-11(2,3)4/h9H,5-8H2,1-4H3,(H,13,14). The Hall–Kier alpha value is -0.850. The lowest BCUT2D eigenvalue weighted by Gasteiger charge is -2.19. The molecule has 0 aromatic rings. The molecular weight excluding hydrogens is 261 g/mol. The molecule has 7 heteroatoms. The molecule has 0 saturated heterocycles. The Morgan fingerprint density at radius 2 is 1.94 bits per heavy atom. The topological polar surface area (TPSA) is 72.5 Å². The number of hydrogen-bond acceptors (Lipinski definition) is 4. The van der Waals surface area contributed by atoms with Gasteiger partial charge in [0.05, 0.1) is 5.75 Å². The Labute approximate surface area is 108 Å². The van der Waals surface area contributed by atoms with E-state index < -0.39 is 27.7 Å². The van der Waals surface area contributed by atoms with Crippen molar-refractivity contribution in [3.63, 3.8) is 0 Å². The zero-order valence-electron chi connectivity index (χ0n) is 11.3. The summed E-state index contributed by atoms with van der Waals surface area (Å²) < 4.78 is 38.1. The second-order valence-corrected chi connectivity index (χ2v) is 6.79. The summed E-state index contributed by atoms with van der Waals surface area (Å²) in [5.41, 5.74) is -0.542. The molecule has 0 aliphatic carbocycles. The number of hydrogen-bond donors (Lipinski definition) is 1. The molecule has 0 saturated carbocycles. The van der Waals surface area contributed by atoms with Gasteiger partial charge in [-0.05, 0) is 39.5 Å². The van der Waals surface area contributed by atoms with Gasteiger partial charge in [0.2, 0.25) is 0 Å². The minimum atomic E-state index is -4.41. The van der Waals surface area contributed by atoms with Crippen LogP contribution in [0.4, 0.5) is 8.68 Å². The van der Waals surface area contributed by atoms with Gasteiger partial charge < -0.3 is 10.1 Å². The molecule has 1 N–H and O–H groups in total. The van der Waals surface area contributed by atoms with Gasteiger partial charge in [-0.25, -0.2) is 4.79 Å². The minimum Gasteiger partial charge on any atom is -0.444 e. The monoisotopic (exact) mass is 283 g/mol. The fraction of sp³-hybridized carbons (Fsp3) is 0.909. The van der Waals surface area contributed by atoms with E-state index in [-0.39, 0.29) is 5.92 Å². The van der Waals surface area contributed by atoms with Crippen molar-refractivity contribution in [3.8, 4) is 0 Å². The SMILES string of the molecule is CC(CCCNC(=O)OC(C)(C)C)CS(=O)(=O)F. The zero-order valence-corrected chi connectivity index (χ0v) is 12.1. The van der Waals surface area contributed by atoms with Crippen molar-refractivity contribution in [1.82, 2.24) is 5.32 Å². The van der Waals surface area contributed by atoms with E-state index in [4.69, 9.17) is 4.74 Å². The van der Waals surface area contributed by atoms with Crippen molar-refractivity contribution >= 4 is 16.3 Å². The largest absolute Gasteiger partial charge is 0.444 e. The summed E-state index contributed by atoms with van der Waals surface area (Å²) in [6.07, 6.45) is 0.600. The van der Waals surface area contributed by atoms with Gasteiger partial charge in [0.25, 0.3) is 0 Å². The van der Waals surface area contributed by atoms with Crippen LogP contribution in [0.15, 0.2) is 0 Å². The van der Waals surface area contributed by atoms with Crippen LogP contribution >= 0.6 is 0 Å². The van der Waals surface area contributed by atoms with E-state index in [1.165, 1.54) is 0 Å². The average Bonchev–Trinajstić information content (AvgIpc) is 2.06. The molecule has 1 unspecified atom stereocenters. The molecule has 1 atom stereocenters. The molecule has 0 heterocycles. The lowest BCUT2D eigenvalue weighted by Crippen LogP contribution is -2.33. The number of carbonyl (C=O) groups is 1. The highest BCUT2D eigenvalue weighted by Crippen LogP contribution is 2.10. The number of halogens is 1.